The summed E-state index contributed by atoms with van der Waals surface area (Å²) in [6, 6.07) is 9.49. The van der Waals surface area contributed by atoms with Gasteiger partial charge in [0.15, 0.2) is 11.6 Å². The van der Waals surface area contributed by atoms with Crippen molar-refractivity contribution in [3.63, 3.8) is 0 Å². The third-order valence-electron chi connectivity index (χ3n) is 5.17. The molecule has 0 bridgehead atoms. The van der Waals surface area contributed by atoms with E-state index in [9.17, 15) is 9.18 Å². The number of benzene rings is 1. The summed E-state index contributed by atoms with van der Waals surface area (Å²) in [5, 5.41) is 17.0. The molecule has 164 valence electrons. The van der Waals surface area contributed by atoms with Gasteiger partial charge in [-0.15, -0.1) is 0 Å². The number of piperidine rings is 1. The summed E-state index contributed by atoms with van der Waals surface area (Å²) in [5.41, 5.74) is 1.66. The van der Waals surface area contributed by atoms with Gasteiger partial charge in [-0.05, 0) is 51.0 Å². The molecule has 9 heteroatoms. The molecule has 0 unspecified atom stereocenters. The van der Waals surface area contributed by atoms with Crippen LogP contribution in [0.1, 0.15) is 32.1 Å². The van der Waals surface area contributed by atoms with Crippen LogP contribution in [0, 0.1) is 5.82 Å². The van der Waals surface area contributed by atoms with Crippen molar-refractivity contribution in [2.75, 3.05) is 25.0 Å². The number of H-pyrrole nitrogens is 1. The number of carbonyl (C=O) groups is 2. The second-order valence-electron chi connectivity index (χ2n) is 7.34. The molecule has 3 N–H and O–H groups in total. The van der Waals surface area contributed by atoms with E-state index in [-0.39, 0.29) is 23.9 Å². The van der Waals surface area contributed by atoms with E-state index in [1.54, 1.807) is 6.20 Å². The fourth-order valence-electron chi connectivity index (χ4n) is 3.65. The molecule has 3 heterocycles. The van der Waals surface area contributed by atoms with Crippen molar-refractivity contribution >= 4 is 29.1 Å². The van der Waals surface area contributed by atoms with Gasteiger partial charge in [0.2, 0.25) is 5.91 Å². The number of nitrogens with zero attached hydrogens (tertiary/aromatic N) is 3. The Labute approximate surface area is 179 Å². The molecule has 1 fully saturated rings. The zero-order valence-electron chi connectivity index (χ0n) is 17.2. The number of pyridine rings is 1. The number of anilines is 1. The van der Waals surface area contributed by atoms with Gasteiger partial charge in [-0.3, -0.25) is 19.7 Å². The van der Waals surface area contributed by atoms with Crippen molar-refractivity contribution in [1.29, 1.82) is 0 Å². The van der Waals surface area contributed by atoms with Crippen molar-refractivity contribution in [2.24, 2.45) is 0 Å². The van der Waals surface area contributed by atoms with E-state index in [0.717, 1.165) is 37.0 Å². The maximum Gasteiger partial charge on any atom is 0.290 e. The Morgan fingerprint density at radius 3 is 2.77 bits per heavy atom. The number of likely N-dealkylation sites (tertiary alicyclic amines) is 1. The summed E-state index contributed by atoms with van der Waals surface area (Å²) in [6.07, 6.45) is 6.48. The van der Waals surface area contributed by atoms with Crippen LogP contribution in [-0.4, -0.2) is 57.2 Å². The van der Waals surface area contributed by atoms with Gasteiger partial charge in [0.25, 0.3) is 6.47 Å². The number of carbonyl (C=O) groups excluding carboxylic acids is 1. The highest BCUT2D eigenvalue weighted by Gasteiger charge is 2.18. The second-order valence-corrected chi connectivity index (χ2v) is 7.34. The number of halogens is 1. The van der Waals surface area contributed by atoms with Gasteiger partial charge in [-0.25, -0.2) is 4.39 Å². The van der Waals surface area contributed by atoms with E-state index in [0.29, 0.717) is 12.0 Å². The molecule has 0 saturated carbocycles. The summed E-state index contributed by atoms with van der Waals surface area (Å²) >= 11 is 0. The van der Waals surface area contributed by atoms with Crippen LogP contribution >= 0.6 is 0 Å². The Morgan fingerprint density at radius 1 is 1.26 bits per heavy atom. The Morgan fingerprint density at radius 2 is 2.00 bits per heavy atom. The number of aromatic amines is 1. The lowest BCUT2D eigenvalue weighted by Crippen LogP contribution is -2.31. The molecule has 3 aromatic rings. The SMILES string of the molecule is O=C(CCCN1CCCCC1)Nc1n[nH]c(-c2cnc3ccccc3c2)c1F.O=CO. The van der Waals surface area contributed by atoms with Crippen molar-refractivity contribution in [2.45, 2.75) is 32.1 Å². The minimum Gasteiger partial charge on any atom is -0.483 e. The van der Waals surface area contributed by atoms with E-state index in [4.69, 9.17) is 9.90 Å². The number of nitrogens with one attached hydrogen (secondary N) is 2. The molecule has 0 aliphatic carbocycles. The molecule has 0 spiro atoms. The first-order valence-electron chi connectivity index (χ1n) is 10.3. The fourth-order valence-corrected chi connectivity index (χ4v) is 3.65. The van der Waals surface area contributed by atoms with E-state index in [1.165, 1.54) is 19.3 Å². The number of rotatable bonds is 6. The Kier molecular flexibility index (Phi) is 8.05. The summed E-state index contributed by atoms with van der Waals surface area (Å²) in [4.78, 5) is 27.3. The highest BCUT2D eigenvalue weighted by molar-refractivity contribution is 5.91. The average molecular weight is 427 g/mol. The van der Waals surface area contributed by atoms with E-state index >= 15 is 0 Å². The Balaban J connectivity index is 0.000000858. The minimum absolute atomic E-state index is 0.0638. The molecule has 4 rings (SSSR count). The largest absolute Gasteiger partial charge is 0.483 e. The smallest absolute Gasteiger partial charge is 0.290 e. The third kappa shape index (κ3) is 6.08. The number of para-hydroxylation sites is 1. The molecule has 0 atom stereocenters. The molecule has 2 aromatic heterocycles. The Bertz CT molecular complexity index is 1020. The quantitative estimate of drug-likeness (QED) is 0.518. The molecule has 1 saturated heterocycles. The normalized spacial score (nSPS) is 14.0. The number of amides is 1. The van der Waals surface area contributed by atoms with Crippen molar-refractivity contribution in [1.82, 2.24) is 20.1 Å². The molecule has 1 aromatic carbocycles. The predicted octanol–water partition coefficient (Wildman–Crippen LogP) is 3.67. The zero-order chi connectivity index (χ0) is 22.1. The highest BCUT2D eigenvalue weighted by Crippen LogP contribution is 2.27. The molecular weight excluding hydrogens is 401 g/mol. The van der Waals surface area contributed by atoms with Crippen molar-refractivity contribution < 1.29 is 19.1 Å². The maximum absolute atomic E-state index is 14.7. The lowest BCUT2D eigenvalue weighted by atomic mass is 10.1. The maximum atomic E-state index is 14.7. The topological polar surface area (TPSA) is 111 Å². The second kappa shape index (κ2) is 11.2. The van der Waals surface area contributed by atoms with Gasteiger partial charge in [0.1, 0.15) is 5.69 Å². The summed E-state index contributed by atoms with van der Waals surface area (Å²) in [5.74, 6) is -0.849. The van der Waals surface area contributed by atoms with Crippen LogP contribution in [-0.2, 0) is 9.59 Å². The molecule has 31 heavy (non-hydrogen) atoms. The van der Waals surface area contributed by atoms with Gasteiger partial charge in [-0.1, -0.05) is 24.6 Å². The summed E-state index contributed by atoms with van der Waals surface area (Å²) in [6.45, 7) is 2.88. The number of fused-ring (bicyclic) bond motifs is 1. The average Bonchev–Trinajstić information content (AvgIpc) is 3.14. The first-order valence-corrected chi connectivity index (χ1v) is 10.3. The lowest BCUT2D eigenvalue weighted by molar-refractivity contribution is -0.123. The zero-order valence-corrected chi connectivity index (χ0v) is 17.2. The number of aromatic nitrogens is 3. The van der Waals surface area contributed by atoms with Crippen LogP contribution in [0.25, 0.3) is 22.2 Å². The van der Waals surface area contributed by atoms with Gasteiger partial charge in [0.05, 0.1) is 5.52 Å². The Hall–Kier alpha value is -3.33. The van der Waals surface area contributed by atoms with Gasteiger partial charge < -0.3 is 15.3 Å². The first-order chi connectivity index (χ1) is 15.1. The van der Waals surface area contributed by atoms with Crippen LogP contribution in [0.2, 0.25) is 0 Å². The van der Waals surface area contributed by atoms with Crippen LogP contribution in [0.3, 0.4) is 0 Å². The van der Waals surface area contributed by atoms with Crippen LogP contribution in [0.15, 0.2) is 36.5 Å². The highest BCUT2D eigenvalue weighted by atomic mass is 19.1. The van der Waals surface area contributed by atoms with Crippen molar-refractivity contribution in [3.8, 4) is 11.3 Å². The monoisotopic (exact) mass is 427 g/mol. The minimum atomic E-state index is -0.568. The number of hydrogen-bond donors (Lipinski definition) is 3. The van der Waals surface area contributed by atoms with Gasteiger partial charge >= 0.3 is 0 Å². The van der Waals surface area contributed by atoms with Crippen molar-refractivity contribution in [3.05, 3.63) is 42.3 Å². The first kappa shape index (κ1) is 22.4. The summed E-state index contributed by atoms with van der Waals surface area (Å²) < 4.78 is 14.7. The molecule has 8 nitrogen and oxygen atoms in total. The standard InChI is InChI=1S/C21H24FN5O.CH2O2/c22-19-20(16-13-15-7-2-3-8-17(15)23-14-16)25-26-21(19)24-18(28)9-6-12-27-10-4-1-5-11-27;2-1-3/h2-3,7-8,13-14H,1,4-6,9-12H2,(H2,24,25,26,28);1H,(H,2,3). The fraction of sp³-hybridized carbons (Fsp3) is 0.364. The van der Waals surface area contributed by atoms with E-state index in [1.807, 2.05) is 30.3 Å². The number of carboxylic acid groups (broad SMARTS) is 1. The van der Waals surface area contributed by atoms with Crippen LogP contribution < -0.4 is 5.32 Å². The van der Waals surface area contributed by atoms with E-state index < -0.39 is 5.82 Å². The van der Waals surface area contributed by atoms with E-state index in [2.05, 4.69) is 25.4 Å². The number of hydrogen-bond acceptors (Lipinski definition) is 5. The van der Waals surface area contributed by atoms with Crippen LogP contribution in [0.4, 0.5) is 10.2 Å². The predicted molar refractivity (Wildman–Crippen MR) is 116 cm³/mol. The van der Waals surface area contributed by atoms with Crippen LogP contribution in [0.5, 0.6) is 0 Å². The lowest BCUT2D eigenvalue weighted by Gasteiger charge is -2.26. The molecule has 0 radical (unpaired) electrons. The molecular formula is C22H26FN5O3. The summed E-state index contributed by atoms with van der Waals surface area (Å²) in [7, 11) is 0. The molecule has 1 aliphatic heterocycles. The van der Waals surface area contributed by atoms with Gasteiger partial charge in [0, 0.05) is 23.6 Å². The third-order valence-corrected chi connectivity index (χ3v) is 5.17. The molecule has 1 amide bonds. The molecule has 1 aliphatic rings. The van der Waals surface area contributed by atoms with Gasteiger partial charge in [-0.2, -0.15) is 5.10 Å².